The largest absolute Gasteiger partial charge is 0.508 e. The average Bonchev–Trinajstić information content (AvgIpc) is 3.29. The van der Waals surface area contributed by atoms with Gasteiger partial charge in [0.15, 0.2) is 0 Å². The van der Waals surface area contributed by atoms with E-state index in [0.29, 0.717) is 35.4 Å². The lowest BCUT2D eigenvalue weighted by Crippen LogP contribution is -2.58. The number of phenols is 1. The van der Waals surface area contributed by atoms with E-state index in [1.54, 1.807) is 12.1 Å². The van der Waals surface area contributed by atoms with Crippen molar-refractivity contribution in [3.8, 4) is 5.75 Å². The number of piperidine rings is 1. The maximum atomic E-state index is 14.1. The number of fused-ring (bicyclic) bond motifs is 4. The zero-order valence-corrected chi connectivity index (χ0v) is 27.3. The first-order valence-electron chi connectivity index (χ1n) is 15.1. The van der Waals surface area contributed by atoms with Crippen molar-refractivity contribution in [2.75, 3.05) is 18.4 Å². The average molecular weight is 569 g/mol. The van der Waals surface area contributed by atoms with Gasteiger partial charge < -0.3 is 19.9 Å². The van der Waals surface area contributed by atoms with Crippen LogP contribution in [0.2, 0.25) is 0 Å². The molecule has 0 aromatic heterocycles. The molecule has 2 saturated heterocycles. The van der Waals surface area contributed by atoms with Crippen LogP contribution < -0.4 is 5.32 Å². The topological polar surface area (TPSA) is 88.1 Å². The number of phenolic OH excluding ortho intramolecular Hbond substituents is 1. The zero-order valence-electron chi connectivity index (χ0n) is 27.3. The Bertz CT molecular complexity index is 1240. The fraction of sp³-hybridized carbons (Fsp3) is 0.706. The van der Waals surface area contributed by atoms with Crippen molar-refractivity contribution < 1.29 is 24.2 Å². The second-order valence-electron chi connectivity index (χ2n) is 16.0. The predicted octanol–water partition coefficient (Wildman–Crippen LogP) is 6.80. The molecule has 3 aliphatic rings. The summed E-state index contributed by atoms with van der Waals surface area (Å²) in [5, 5.41) is 14.1. The number of allylic oxidation sites excluding steroid dienone is 1. The first-order valence-corrected chi connectivity index (χ1v) is 15.1. The summed E-state index contributed by atoms with van der Waals surface area (Å²) in [6.07, 6.45) is 1.19. The van der Waals surface area contributed by atoms with Gasteiger partial charge in [-0.25, -0.2) is 4.79 Å². The minimum absolute atomic E-state index is 0.0619. The van der Waals surface area contributed by atoms with Crippen molar-refractivity contribution >= 4 is 17.6 Å². The number of nitrogens with zero attached hydrogens (tertiary/aromatic N) is 1. The molecule has 0 aliphatic carbocycles. The lowest BCUT2D eigenvalue weighted by molar-refractivity contribution is -0.152. The molecular weight excluding hydrogens is 516 g/mol. The molecule has 7 heteroatoms. The molecule has 41 heavy (non-hydrogen) atoms. The van der Waals surface area contributed by atoms with Gasteiger partial charge in [0.05, 0.1) is 11.0 Å². The fourth-order valence-electron chi connectivity index (χ4n) is 7.33. The van der Waals surface area contributed by atoms with Crippen LogP contribution in [-0.2, 0) is 24.5 Å². The number of carbonyl (C=O) groups is 2. The molecule has 1 amide bonds. The molecule has 1 spiro atoms. The van der Waals surface area contributed by atoms with Gasteiger partial charge in [-0.2, -0.15) is 0 Å². The normalized spacial score (nSPS) is 27.7. The number of rotatable bonds is 4. The summed E-state index contributed by atoms with van der Waals surface area (Å²) in [5.41, 5.74) is -0.360. The van der Waals surface area contributed by atoms with Crippen LogP contribution in [0.1, 0.15) is 101 Å². The summed E-state index contributed by atoms with van der Waals surface area (Å²) in [4.78, 5) is 30.4. The Balaban J connectivity index is 1.91. The summed E-state index contributed by atoms with van der Waals surface area (Å²) >= 11 is 0. The monoisotopic (exact) mass is 568 g/mol. The Morgan fingerprint density at radius 3 is 2.17 bits per heavy atom. The van der Waals surface area contributed by atoms with E-state index in [-0.39, 0.29) is 46.3 Å². The number of anilines is 1. The maximum absolute atomic E-state index is 14.1. The molecule has 0 radical (unpaired) electrons. The third kappa shape index (κ3) is 5.51. The van der Waals surface area contributed by atoms with E-state index in [0.717, 1.165) is 13.1 Å². The molecule has 4 rings (SSSR count). The molecule has 228 valence electrons. The molecule has 7 nitrogen and oxygen atoms in total. The molecule has 2 N–H and O–H groups in total. The predicted molar refractivity (Wildman–Crippen MR) is 163 cm³/mol. The van der Waals surface area contributed by atoms with Crippen molar-refractivity contribution in [1.29, 1.82) is 0 Å². The SMILES string of the molecule is CC(OC(C)(C)C)=C(C(=O)OC(C)(C)C)C1CC2N(CCC23C(=O)Nc2cccc(O)c23)CC1C(C)(C)C(C)(C)C. The highest BCUT2D eigenvalue weighted by Gasteiger charge is 2.63. The maximum Gasteiger partial charge on any atom is 0.338 e. The van der Waals surface area contributed by atoms with E-state index >= 15 is 0 Å². The third-order valence-corrected chi connectivity index (χ3v) is 10.0. The van der Waals surface area contributed by atoms with Crippen LogP contribution in [0.4, 0.5) is 5.69 Å². The highest BCUT2D eigenvalue weighted by molar-refractivity contribution is 6.08. The van der Waals surface area contributed by atoms with Gasteiger partial charge in [0.1, 0.15) is 22.7 Å². The summed E-state index contributed by atoms with van der Waals surface area (Å²) in [6, 6.07) is 5.11. The van der Waals surface area contributed by atoms with Gasteiger partial charge in [0.25, 0.3) is 0 Å². The number of hydrogen-bond donors (Lipinski definition) is 2. The quantitative estimate of drug-likeness (QED) is 0.236. The number of benzene rings is 1. The van der Waals surface area contributed by atoms with Gasteiger partial charge in [0.2, 0.25) is 5.91 Å². The summed E-state index contributed by atoms with van der Waals surface area (Å²) in [6.45, 7) is 26.3. The lowest BCUT2D eigenvalue weighted by Gasteiger charge is -2.54. The Hall–Kier alpha value is -2.54. The van der Waals surface area contributed by atoms with Crippen LogP contribution >= 0.6 is 0 Å². The van der Waals surface area contributed by atoms with Crippen molar-refractivity contribution in [3.63, 3.8) is 0 Å². The Morgan fingerprint density at radius 2 is 1.61 bits per heavy atom. The molecule has 0 saturated carbocycles. The van der Waals surface area contributed by atoms with E-state index < -0.39 is 16.6 Å². The number of aromatic hydroxyl groups is 1. The fourth-order valence-corrected chi connectivity index (χ4v) is 7.33. The first kappa shape index (κ1) is 31.4. The van der Waals surface area contributed by atoms with Gasteiger partial charge >= 0.3 is 5.97 Å². The Labute approximate surface area is 247 Å². The number of amides is 1. The van der Waals surface area contributed by atoms with Crippen molar-refractivity contribution in [3.05, 3.63) is 35.1 Å². The number of esters is 1. The minimum atomic E-state index is -0.881. The summed E-state index contributed by atoms with van der Waals surface area (Å²) in [5.74, 6) is 0.152. The zero-order chi connectivity index (χ0) is 30.9. The van der Waals surface area contributed by atoms with Crippen LogP contribution in [0.3, 0.4) is 0 Å². The molecule has 3 aliphatic heterocycles. The molecule has 0 bridgehead atoms. The van der Waals surface area contributed by atoms with Crippen LogP contribution in [0.15, 0.2) is 29.5 Å². The highest BCUT2D eigenvalue weighted by atomic mass is 16.6. The molecule has 1 aromatic carbocycles. The van der Waals surface area contributed by atoms with E-state index in [4.69, 9.17) is 9.47 Å². The van der Waals surface area contributed by atoms with Crippen molar-refractivity contribution in [2.24, 2.45) is 22.7 Å². The van der Waals surface area contributed by atoms with Crippen LogP contribution in [0, 0.1) is 22.7 Å². The number of hydrogen-bond acceptors (Lipinski definition) is 6. The van der Waals surface area contributed by atoms with E-state index in [9.17, 15) is 14.7 Å². The molecule has 4 unspecified atom stereocenters. The van der Waals surface area contributed by atoms with Crippen LogP contribution in [-0.4, -0.2) is 52.2 Å². The molecule has 3 heterocycles. The third-order valence-electron chi connectivity index (χ3n) is 10.0. The summed E-state index contributed by atoms with van der Waals surface area (Å²) < 4.78 is 12.5. The number of carbonyl (C=O) groups excluding carboxylic acids is 2. The van der Waals surface area contributed by atoms with Gasteiger partial charge in [-0.05, 0) is 96.7 Å². The van der Waals surface area contributed by atoms with Gasteiger partial charge in [0, 0.05) is 29.8 Å². The molecule has 2 fully saturated rings. The van der Waals surface area contributed by atoms with Crippen molar-refractivity contribution in [1.82, 2.24) is 4.90 Å². The van der Waals surface area contributed by atoms with Gasteiger partial charge in [-0.1, -0.05) is 40.7 Å². The molecule has 4 atom stereocenters. The highest BCUT2D eigenvalue weighted by Crippen LogP contribution is 2.59. The van der Waals surface area contributed by atoms with E-state index in [2.05, 4.69) is 44.8 Å². The van der Waals surface area contributed by atoms with Crippen molar-refractivity contribution in [2.45, 2.75) is 119 Å². The van der Waals surface area contributed by atoms with E-state index in [1.165, 1.54) is 0 Å². The number of nitrogens with one attached hydrogen (secondary N) is 1. The summed E-state index contributed by atoms with van der Waals surface area (Å²) in [7, 11) is 0. The Kier molecular flexibility index (Phi) is 7.68. The minimum Gasteiger partial charge on any atom is -0.508 e. The molecule has 1 aromatic rings. The van der Waals surface area contributed by atoms with Gasteiger partial charge in [-0.15, -0.1) is 0 Å². The lowest BCUT2D eigenvalue weighted by atomic mass is 9.55. The second kappa shape index (κ2) is 10.0. The molecular formula is C34H52N2O5. The first-order chi connectivity index (χ1) is 18.6. The number of ether oxygens (including phenoxy) is 2. The van der Waals surface area contributed by atoms with Crippen LogP contribution in [0.5, 0.6) is 5.75 Å². The van der Waals surface area contributed by atoms with E-state index in [1.807, 2.05) is 54.5 Å². The standard InChI is InChI=1S/C34H52N2O5/c1-20(40-31(5,6)7)26(28(38)41-32(8,9)10)21-18-25-34(27-23(35-29(34)39)14-13-15-24(27)37)16-17-36(25)19-22(21)33(11,12)30(2,3)4/h13-15,21-22,25,37H,16-19H2,1-12H3,(H,35,39). The van der Waals surface area contributed by atoms with Gasteiger partial charge in [-0.3, -0.25) is 9.69 Å². The van der Waals surface area contributed by atoms with Crippen LogP contribution in [0.25, 0.3) is 0 Å². The smallest absolute Gasteiger partial charge is 0.338 e. The Morgan fingerprint density at radius 1 is 1.00 bits per heavy atom. The second-order valence-corrected chi connectivity index (χ2v) is 16.0.